The van der Waals surface area contributed by atoms with Gasteiger partial charge < -0.3 is 10.8 Å². The Bertz CT molecular complexity index is 377. The number of hydrogen-bond donors (Lipinski definition) is 2. The fraction of sp³-hybridized carbons (Fsp3) is 0.538. The van der Waals surface area contributed by atoms with Crippen LogP contribution in [0.4, 0.5) is 10.1 Å². The van der Waals surface area contributed by atoms with Gasteiger partial charge in [0.05, 0.1) is 6.10 Å². The summed E-state index contributed by atoms with van der Waals surface area (Å²) in [6.07, 6.45) is 0.579. The van der Waals surface area contributed by atoms with Gasteiger partial charge in [0, 0.05) is 25.3 Å². The minimum Gasteiger partial charge on any atom is -0.399 e. The average Bonchev–Trinajstić information content (AvgIpc) is 2.22. The maximum absolute atomic E-state index is 13.2. The lowest BCUT2D eigenvalue weighted by Gasteiger charge is -2.34. The molecule has 0 amide bonds. The highest BCUT2D eigenvalue weighted by Gasteiger charge is 2.24. The summed E-state index contributed by atoms with van der Waals surface area (Å²) >= 11 is 0. The second kappa shape index (κ2) is 5.02. The van der Waals surface area contributed by atoms with Crippen LogP contribution < -0.4 is 5.73 Å². The molecule has 1 heterocycles. The van der Waals surface area contributed by atoms with Gasteiger partial charge in [-0.3, -0.25) is 4.90 Å². The minimum absolute atomic E-state index is 0.205. The number of aliphatic hydroxyl groups excluding tert-OH is 1. The zero-order valence-corrected chi connectivity index (χ0v) is 10.1. The molecule has 17 heavy (non-hydrogen) atoms. The molecule has 4 heteroatoms. The van der Waals surface area contributed by atoms with Crippen LogP contribution in [0.1, 0.15) is 18.9 Å². The van der Waals surface area contributed by atoms with E-state index in [9.17, 15) is 9.50 Å². The third-order valence-corrected chi connectivity index (χ3v) is 3.33. The number of piperidine rings is 1. The molecule has 0 aromatic heterocycles. The highest BCUT2D eigenvalue weighted by atomic mass is 19.1. The van der Waals surface area contributed by atoms with Crippen LogP contribution in [0.5, 0.6) is 0 Å². The maximum atomic E-state index is 13.2. The second-order valence-electron chi connectivity index (χ2n) is 4.96. The lowest BCUT2D eigenvalue weighted by atomic mass is 9.96. The van der Waals surface area contributed by atoms with E-state index in [0.29, 0.717) is 12.2 Å². The largest absolute Gasteiger partial charge is 0.399 e. The van der Waals surface area contributed by atoms with Crippen molar-refractivity contribution in [2.75, 3.05) is 18.8 Å². The van der Waals surface area contributed by atoms with Gasteiger partial charge in [-0.2, -0.15) is 0 Å². The normalized spacial score (nSPS) is 26.1. The van der Waals surface area contributed by atoms with E-state index in [1.54, 1.807) is 6.07 Å². The summed E-state index contributed by atoms with van der Waals surface area (Å²) in [7, 11) is 0. The van der Waals surface area contributed by atoms with Crippen LogP contribution in [0.25, 0.3) is 0 Å². The minimum atomic E-state index is -0.287. The first kappa shape index (κ1) is 12.3. The molecule has 0 saturated carbocycles. The van der Waals surface area contributed by atoms with Gasteiger partial charge in [-0.25, -0.2) is 4.39 Å². The number of nitrogens with zero attached hydrogens (tertiary/aromatic N) is 1. The maximum Gasteiger partial charge on any atom is 0.125 e. The predicted molar refractivity (Wildman–Crippen MR) is 65.9 cm³/mol. The molecule has 3 N–H and O–H groups in total. The van der Waals surface area contributed by atoms with Crippen molar-refractivity contribution >= 4 is 5.69 Å². The molecule has 2 unspecified atom stereocenters. The Labute approximate surface area is 101 Å². The smallest absolute Gasteiger partial charge is 0.125 e. The number of benzene rings is 1. The van der Waals surface area contributed by atoms with Gasteiger partial charge in [0.1, 0.15) is 5.82 Å². The van der Waals surface area contributed by atoms with Crippen molar-refractivity contribution in [2.24, 2.45) is 5.92 Å². The Kier molecular flexibility index (Phi) is 3.64. The highest BCUT2D eigenvalue weighted by Crippen LogP contribution is 2.20. The highest BCUT2D eigenvalue weighted by molar-refractivity contribution is 5.41. The SMILES string of the molecule is CC1CN(Cc2cc(N)cc(F)c2)CCC1O. The van der Waals surface area contributed by atoms with Gasteiger partial charge in [-0.15, -0.1) is 0 Å². The Hall–Kier alpha value is -1.13. The molecule has 1 saturated heterocycles. The first-order valence-corrected chi connectivity index (χ1v) is 6.00. The van der Waals surface area contributed by atoms with E-state index < -0.39 is 0 Å². The molecule has 1 fully saturated rings. The molecular weight excluding hydrogens is 219 g/mol. The second-order valence-corrected chi connectivity index (χ2v) is 4.96. The van der Waals surface area contributed by atoms with Crippen molar-refractivity contribution in [3.63, 3.8) is 0 Å². The van der Waals surface area contributed by atoms with Crippen LogP contribution in [-0.2, 0) is 6.54 Å². The van der Waals surface area contributed by atoms with E-state index in [1.165, 1.54) is 12.1 Å². The van der Waals surface area contributed by atoms with Crippen LogP contribution in [-0.4, -0.2) is 29.2 Å². The van der Waals surface area contributed by atoms with Crippen molar-refractivity contribution in [1.29, 1.82) is 0 Å². The van der Waals surface area contributed by atoms with Crippen molar-refractivity contribution in [3.05, 3.63) is 29.6 Å². The topological polar surface area (TPSA) is 49.5 Å². The van der Waals surface area contributed by atoms with Crippen molar-refractivity contribution in [3.8, 4) is 0 Å². The van der Waals surface area contributed by atoms with Crippen molar-refractivity contribution in [2.45, 2.75) is 26.0 Å². The Morgan fingerprint density at radius 1 is 1.47 bits per heavy atom. The van der Waals surface area contributed by atoms with Crippen molar-refractivity contribution < 1.29 is 9.50 Å². The lowest BCUT2D eigenvalue weighted by molar-refractivity contribution is 0.0320. The van der Waals surface area contributed by atoms with E-state index >= 15 is 0 Å². The zero-order chi connectivity index (χ0) is 12.4. The molecule has 2 rings (SSSR count). The molecule has 1 aromatic carbocycles. The summed E-state index contributed by atoms with van der Waals surface area (Å²) in [5.41, 5.74) is 6.97. The predicted octanol–water partition coefficient (Wildman–Crippen LogP) is 1.61. The van der Waals surface area contributed by atoms with E-state index in [4.69, 9.17) is 5.73 Å². The molecule has 0 radical (unpaired) electrons. The first-order chi connectivity index (χ1) is 8.04. The van der Waals surface area contributed by atoms with Gasteiger partial charge in [-0.05, 0) is 36.1 Å². The van der Waals surface area contributed by atoms with Crippen LogP contribution in [0.2, 0.25) is 0 Å². The van der Waals surface area contributed by atoms with Crippen LogP contribution >= 0.6 is 0 Å². The number of likely N-dealkylation sites (tertiary alicyclic amines) is 1. The Morgan fingerprint density at radius 3 is 2.88 bits per heavy atom. The summed E-state index contributed by atoms with van der Waals surface area (Å²) in [6, 6.07) is 4.65. The molecule has 1 aliphatic heterocycles. The van der Waals surface area contributed by atoms with Crippen LogP contribution in [0.15, 0.2) is 18.2 Å². The molecule has 0 spiro atoms. The average molecular weight is 238 g/mol. The summed E-state index contributed by atoms with van der Waals surface area (Å²) in [5.74, 6) is -0.0141. The van der Waals surface area contributed by atoms with Crippen LogP contribution in [0.3, 0.4) is 0 Å². The fourth-order valence-electron chi connectivity index (χ4n) is 2.39. The fourth-order valence-corrected chi connectivity index (χ4v) is 2.39. The quantitative estimate of drug-likeness (QED) is 0.770. The molecule has 0 aliphatic carbocycles. The first-order valence-electron chi connectivity index (χ1n) is 6.00. The third kappa shape index (κ3) is 3.17. The number of hydrogen-bond acceptors (Lipinski definition) is 3. The van der Waals surface area contributed by atoms with E-state index in [0.717, 1.165) is 25.1 Å². The molecule has 94 valence electrons. The molecule has 1 aromatic rings. The number of rotatable bonds is 2. The number of anilines is 1. The van der Waals surface area contributed by atoms with E-state index in [1.807, 2.05) is 6.92 Å². The molecule has 1 aliphatic rings. The van der Waals surface area contributed by atoms with E-state index in [-0.39, 0.29) is 17.8 Å². The van der Waals surface area contributed by atoms with Gasteiger partial charge >= 0.3 is 0 Å². The number of halogens is 1. The van der Waals surface area contributed by atoms with Crippen LogP contribution in [0, 0.1) is 11.7 Å². The van der Waals surface area contributed by atoms with Gasteiger partial charge in [0.2, 0.25) is 0 Å². The molecule has 3 nitrogen and oxygen atoms in total. The van der Waals surface area contributed by atoms with Gasteiger partial charge in [0.25, 0.3) is 0 Å². The summed E-state index contributed by atoms with van der Waals surface area (Å²) in [5, 5.41) is 9.64. The van der Waals surface area contributed by atoms with E-state index in [2.05, 4.69) is 4.90 Å². The van der Waals surface area contributed by atoms with Gasteiger partial charge in [0.15, 0.2) is 0 Å². The lowest BCUT2D eigenvalue weighted by Crippen LogP contribution is -2.41. The Balaban J connectivity index is 2.01. The monoisotopic (exact) mass is 238 g/mol. The summed E-state index contributed by atoms with van der Waals surface area (Å²) < 4.78 is 13.2. The Morgan fingerprint density at radius 2 is 2.24 bits per heavy atom. The number of nitrogens with two attached hydrogens (primary N) is 1. The van der Waals surface area contributed by atoms with Gasteiger partial charge in [-0.1, -0.05) is 6.92 Å². The standard InChI is InChI=1S/C13H19FN2O/c1-9-7-16(3-2-13(9)17)8-10-4-11(14)6-12(15)5-10/h4-6,9,13,17H,2-3,7-8,15H2,1H3. The third-order valence-electron chi connectivity index (χ3n) is 3.33. The number of aliphatic hydroxyl groups is 1. The molecule has 0 bridgehead atoms. The zero-order valence-electron chi connectivity index (χ0n) is 10.1. The summed E-state index contributed by atoms with van der Waals surface area (Å²) in [6.45, 7) is 4.43. The number of nitrogen functional groups attached to an aromatic ring is 1. The molecular formula is C13H19FN2O. The molecule has 2 atom stereocenters. The summed E-state index contributed by atoms with van der Waals surface area (Å²) in [4.78, 5) is 2.23. The van der Waals surface area contributed by atoms with Crippen molar-refractivity contribution in [1.82, 2.24) is 4.90 Å².